The highest BCUT2D eigenvalue weighted by Crippen LogP contribution is 2.28. The van der Waals surface area contributed by atoms with E-state index in [0.29, 0.717) is 0 Å². The first kappa shape index (κ1) is 16.1. The lowest BCUT2D eigenvalue weighted by Gasteiger charge is -2.34. The molecule has 0 aliphatic rings. The second-order valence-electron chi connectivity index (χ2n) is 5.50. The van der Waals surface area contributed by atoms with Crippen LogP contribution in [0.2, 0.25) is 0 Å². The van der Waals surface area contributed by atoms with Crippen LogP contribution in [0.1, 0.15) is 27.7 Å². The Hall–Kier alpha value is -0.980. The molecule has 1 amide bonds. The van der Waals surface area contributed by atoms with Gasteiger partial charge in [0.15, 0.2) is 0 Å². The second kappa shape index (κ2) is 6.45. The van der Waals surface area contributed by atoms with Crippen LogP contribution in [-0.2, 0) is 4.74 Å². The topological polar surface area (TPSA) is 61.5 Å². The quantitative estimate of drug-likeness (QED) is 0.817. The van der Waals surface area contributed by atoms with E-state index < -0.39 is 12.2 Å². The van der Waals surface area contributed by atoms with Gasteiger partial charge in [-0.15, -0.1) is 0 Å². The van der Waals surface area contributed by atoms with Gasteiger partial charge in [-0.25, -0.2) is 4.79 Å². The number of amides is 1. The van der Waals surface area contributed by atoms with Gasteiger partial charge in [-0.2, -0.15) is 0 Å². The second-order valence-corrected chi connectivity index (χ2v) is 6.75. The zero-order chi connectivity index (χ0) is 14.6. The molecule has 0 aliphatic carbocycles. The number of ether oxygens (including phenoxy) is 2. The molecule has 0 spiro atoms. The molecule has 4 nitrogen and oxygen atoms in total. The molecule has 0 heterocycles. The van der Waals surface area contributed by atoms with Gasteiger partial charge in [0.25, 0.3) is 0 Å². The van der Waals surface area contributed by atoms with Crippen LogP contribution in [0, 0.1) is 8.99 Å². The Morgan fingerprint density at radius 3 is 2.21 bits per heavy atom. The highest BCUT2D eigenvalue weighted by molar-refractivity contribution is 14.1. The van der Waals surface area contributed by atoms with Crippen molar-refractivity contribution in [1.29, 1.82) is 0 Å². The first-order chi connectivity index (χ1) is 8.70. The number of hydrogen-bond donors (Lipinski definition) is 1. The molecule has 0 aliphatic heterocycles. The fourth-order valence-corrected chi connectivity index (χ4v) is 2.24. The third kappa shape index (κ3) is 5.26. The van der Waals surface area contributed by atoms with Crippen molar-refractivity contribution in [2.45, 2.75) is 39.9 Å². The van der Waals surface area contributed by atoms with E-state index in [-0.39, 0.29) is 11.5 Å². The van der Waals surface area contributed by atoms with Crippen LogP contribution >= 0.6 is 22.6 Å². The maximum absolute atomic E-state index is 10.9. The Bertz CT molecular complexity index is 425. The molecule has 5 heteroatoms. The van der Waals surface area contributed by atoms with Crippen molar-refractivity contribution in [1.82, 2.24) is 0 Å². The zero-order valence-corrected chi connectivity index (χ0v) is 13.8. The van der Waals surface area contributed by atoms with Gasteiger partial charge in [0.2, 0.25) is 0 Å². The molecular weight excluding hydrogens is 357 g/mol. The molecule has 1 rings (SSSR count). The van der Waals surface area contributed by atoms with E-state index in [2.05, 4.69) is 22.6 Å². The minimum absolute atomic E-state index is 0.183. The van der Waals surface area contributed by atoms with E-state index >= 15 is 0 Å². The SMILES string of the molecule is CC(OC(N)=O)C(Oc1ccc(I)cc1)C(C)(C)C. The number of primary amides is 1. The lowest BCUT2D eigenvalue weighted by molar-refractivity contribution is -0.0243. The monoisotopic (exact) mass is 377 g/mol. The summed E-state index contributed by atoms with van der Waals surface area (Å²) in [7, 11) is 0. The normalized spacial score (nSPS) is 14.6. The summed E-state index contributed by atoms with van der Waals surface area (Å²) in [4.78, 5) is 10.9. The summed E-state index contributed by atoms with van der Waals surface area (Å²) in [6, 6.07) is 7.74. The number of hydrogen-bond acceptors (Lipinski definition) is 3. The van der Waals surface area contributed by atoms with Gasteiger partial charge in [-0.1, -0.05) is 20.8 Å². The van der Waals surface area contributed by atoms with E-state index in [0.717, 1.165) is 9.32 Å². The van der Waals surface area contributed by atoms with Crippen LogP contribution in [0.15, 0.2) is 24.3 Å². The van der Waals surface area contributed by atoms with Crippen molar-refractivity contribution in [3.05, 3.63) is 27.8 Å². The molecule has 19 heavy (non-hydrogen) atoms. The lowest BCUT2D eigenvalue weighted by Crippen LogP contribution is -2.44. The van der Waals surface area contributed by atoms with Crippen LogP contribution < -0.4 is 10.5 Å². The summed E-state index contributed by atoms with van der Waals surface area (Å²) in [5.41, 5.74) is 4.89. The minimum Gasteiger partial charge on any atom is -0.486 e. The molecule has 1 aromatic rings. The summed E-state index contributed by atoms with van der Waals surface area (Å²) in [5.74, 6) is 0.750. The third-order valence-electron chi connectivity index (χ3n) is 2.66. The molecule has 2 N–H and O–H groups in total. The van der Waals surface area contributed by atoms with Crippen molar-refractivity contribution in [2.24, 2.45) is 11.1 Å². The van der Waals surface area contributed by atoms with Crippen molar-refractivity contribution in [2.75, 3.05) is 0 Å². The number of nitrogens with two attached hydrogens (primary N) is 1. The van der Waals surface area contributed by atoms with Gasteiger partial charge in [-0.3, -0.25) is 0 Å². The average molecular weight is 377 g/mol. The molecule has 0 bridgehead atoms. The summed E-state index contributed by atoms with van der Waals surface area (Å²) >= 11 is 2.23. The van der Waals surface area contributed by atoms with Gasteiger partial charge in [0, 0.05) is 8.99 Å². The molecule has 0 aromatic heterocycles. The Kier molecular flexibility index (Phi) is 5.46. The molecule has 106 valence electrons. The highest BCUT2D eigenvalue weighted by Gasteiger charge is 2.34. The van der Waals surface area contributed by atoms with Crippen LogP contribution in [0.25, 0.3) is 0 Å². The van der Waals surface area contributed by atoms with E-state index in [1.54, 1.807) is 6.92 Å². The lowest BCUT2D eigenvalue weighted by atomic mass is 9.86. The Labute approximate surface area is 127 Å². The van der Waals surface area contributed by atoms with Crippen LogP contribution in [-0.4, -0.2) is 18.3 Å². The molecule has 0 saturated heterocycles. The van der Waals surface area contributed by atoms with Crippen LogP contribution in [0.3, 0.4) is 0 Å². The van der Waals surface area contributed by atoms with Gasteiger partial charge < -0.3 is 15.2 Å². The van der Waals surface area contributed by atoms with Crippen molar-refractivity contribution < 1.29 is 14.3 Å². The molecular formula is C14H20INO3. The number of benzene rings is 1. The highest BCUT2D eigenvalue weighted by atomic mass is 127. The van der Waals surface area contributed by atoms with Crippen LogP contribution in [0.5, 0.6) is 5.75 Å². The Morgan fingerprint density at radius 2 is 1.79 bits per heavy atom. The van der Waals surface area contributed by atoms with E-state index in [1.165, 1.54) is 0 Å². The summed E-state index contributed by atoms with van der Waals surface area (Å²) < 4.78 is 12.1. The predicted molar refractivity (Wildman–Crippen MR) is 83.2 cm³/mol. The molecule has 0 radical (unpaired) electrons. The largest absolute Gasteiger partial charge is 0.486 e. The zero-order valence-electron chi connectivity index (χ0n) is 11.6. The number of rotatable bonds is 4. The fraction of sp³-hybridized carbons (Fsp3) is 0.500. The Balaban J connectivity index is 2.86. The van der Waals surface area contributed by atoms with Crippen molar-refractivity contribution in [3.63, 3.8) is 0 Å². The van der Waals surface area contributed by atoms with Gasteiger partial charge in [-0.05, 0) is 53.8 Å². The van der Waals surface area contributed by atoms with E-state index in [4.69, 9.17) is 15.2 Å². The van der Waals surface area contributed by atoms with Crippen LogP contribution in [0.4, 0.5) is 4.79 Å². The molecule has 0 saturated carbocycles. The first-order valence-corrected chi connectivity index (χ1v) is 7.16. The summed E-state index contributed by atoms with van der Waals surface area (Å²) in [6.07, 6.45) is -1.48. The number of halogens is 1. The Morgan fingerprint density at radius 1 is 1.26 bits per heavy atom. The average Bonchev–Trinajstić information content (AvgIpc) is 2.25. The molecule has 0 fully saturated rings. The standard InChI is InChI=1S/C14H20INO3/c1-9(18-13(16)17)12(14(2,3)4)19-11-7-5-10(15)6-8-11/h5-9,12H,1-4H3,(H2,16,17). The third-order valence-corrected chi connectivity index (χ3v) is 3.38. The molecule has 1 aromatic carbocycles. The number of carbonyl (C=O) groups excluding carboxylic acids is 1. The summed E-state index contributed by atoms with van der Waals surface area (Å²) in [6.45, 7) is 7.88. The summed E-state index contributed by atoms with van der Waals surface area (Å²) in [5, 5.41) is 0. The van der Waals surface area contributed by atoms with Crippen molar-refractivity contribution >= 4 is 28.7 Å². The predicted octanol–water partition coefficient (Wildman–Crippen LogP) is 3.57. The fourth-order valence-electron chi connectivity index (χ4n) is 1.88. The van der Waals surface area contributed by atoms with E-state index in [9.17, 15) is 4.79 Å². The molecule has 2 atom stereocenters. The van der Waals surface area contributed by atoms with E-state index in [1.807, 2.05) is 45.0 Å². The first-order valence-electron chi connectivity index (χ1n) is 6.08. The smallest absolute Gasteiger partial charge is 0.404 e. The van der Waals surface area contributed by atoms with Gasteiger partial charge in [0.05, 0.1) is 0 Å². The number of carbonyl (C=O) groups is 1. The van der Waals surface area contributed by atoms with Gasteiger partial charge in [0.1, 0.15) is 18.0 Å². The maximum atomic E-state index is 10.9. The van der Waals surface area contributed by atoms with Gasteiger partial charge >= 0.3 is 6.09 Å². The molecule has 2 unspecified atom stereocenters. The minimum atomic E-state index is -0.784. The van der Waals surface area contributed by atoms with Crippen molar-refractivity contribution in [3.8, 4) is 5.75 Å². The maximum Gasteiger partial charge on any atom is 0.404 e.